The molecule has 1 unspecified atom stereocenters. The average molecular weight is 449 g/mol. The van der Waals surface area contributed by atoms with Gasteiger partial charge < -0.3 is 15.4 Å². The molecule has 0 saturated carbocycles. The van der Waals surface area contributed by atoms with Gasteiger partial charge in [-0.25, -0.2) is 0 Å². The van der Waals surface area contributed by atoms with Crippen molar-refractivity contribution in [3.05, 3.63) is 59.9 Å². The number of carbonyl (C=O) groups is 2. The fourth-order valence-electron chi connectivity index (χ4n) is 5.31. The Hall–Kier alpha value is -3.19. The number of rotatable bonds is 5. The van der Waals surface area contributed by atoms with Crippen molar-refractivity contribution in [2.75, 3.05) is 31.6 Å². The number of primary amides is 1. The van der Waals surface area contributed by atoms with E-state index in [9.17, 15) is 9.59 Å². The van der Waals surface area contributed by atoms with Crippen LogP contribution in [0.25, 0.3) is 5.57 Å². The molecule has 1 aromatic carbocycles. The van der Waals surface area contributed by atoms with Crippen LogP contribution in [0, 0.1) is 0 Å². The summed E-state index contributed by atoms with van der Waals surface area (Å²) in [6.45, 7) is 7.44. The Kier molecular flexibility index (Phi) is 6.01. The van der Waals surface area contributed by atoms with Crippen LogP contribution in [0.4, 0.5) is 5.69 Å². The number of carbonyl (C=O) groups excluding carboxylic acids is 2. The lowest BCUT2D eigenvalue weighted by molar-refractivity contribution is -0.128. The molecule has 2 aliphatic heterocycles. The summed E-state index contributed by atoms with van der Waals surface area (Å²) >= 11 is 0. The first-order valence-electron chi connectivity index (χ1n) is 11.3. The van der Waals surface area contributed by atoms with Crippen LogP contribution < -0.4 is 15.4 Å². The van der Waals surface area contributed by atoms with Gasteiger partial charge in [-0.05, 0) is 76.1 Å². The normalized spacial score (nSPS) is 22.3. The molecule has 1 aromatic heterocycles. The number of aromatic nitrogens is 1. The first-order chi connectivity index (χ1) is 15.7. The molecule has 0 aliphatic carbocycles. The highest BCUT2D eigenvalue weighted by atomic mass is 16.5. The number of ether oxygens (including phenoxy) is 1. The van der Waals surface area contributed by atoms with Gasteiger partial charge in [-0.2, -0.15) is 0 Å². The van der Waals surface area contributed by atoms with Crippen LogP contribution in [0.15, 0.2) is 48.7 Å². The maximum absolute atomic E-state index is 13.7. The zero-order valence-electron chi connectivity index (χ0n) is 19.8. The summed E-state index contributed by atoms with van der Waals surface area (Å²) in [4.78, 5) is 34.7. The van der Waals surface area contributed by atoms with Crippen molar-refractivity contribution < 1.29 is 14.3 Å². The fraction of sp³-hybridized carbons (Fsp3) is 0.423. The molecule has 1 fully saturated rings. The standard InChI is InChI=1S/C26H32N4O3/c1-18-15-25(2,3)30(21-10-9-19(33-4)14-20(18)21)23(31)16-29-13-7-11-26(17-29,24(27)32)22-8-5-6-12-28-22/h5-6,8-10,12,14-15H,7,11,13,16-17H2,1-4H3,(H2,27,32). The molecular weight excluding hydrogens is 416 g/mol. The largest absolute Gasteiger partial charge is 0.497 e. The summed E-state index contributed by atoms with van der Waals surface area (Å²) in [6.07, 6.45) is 5.19. The van der Waals surface area contributed by atoms with Crippen LogP contribution in [0.2, 0.25) is 0 Å². The van der Waals surface area contributed by atoms with E-state index in [4.69, 9.17) is 10.5 Å². The number of fused-ring (bicyclic) bond motifs is 1. The molecule has 33 heavy (non-hydrogen) atoms. The predicted molar refractivity (Wildman–Crippen MR) is 129 cm³/mol. The third-order valence-corrected chi connectivity index (χ3v) is 6.82. The smallest absolute Gasteiger partial charge is 0.241 e. The van der Waals surface area contributed by atoms with Crippen molar-refractivity contribution >= 4 is 23.1 Å². The van der Waals surface area contributed by atoms with Crippen LogP contribution in [-0.4, -0.2) is 54.0 Å². The molecule has 1 saturated heterocycles. The van der Waals surface area contributed by atoms with E-state index in [1.807, 2.05) is 60.0 Å². The van der Waals surface area contributed by atoms with Gasteiger partial charge in [0.15, 0.2) is 0 Å². The lowest BCUT2D eigenvalue weighted by atomic mass is 9.76. The van der Waals surface area contributed by atoms with Crippen LogP contribution in [0.1, 0.15) is 44.9 Å². The molecule has 174 valence electrons. The van der Waals surface area contributed by atoms with E-state index in [1.165, 1.54) is 0 Å². The first-order valence-corrected chi connectivity index (χ1v) is 11.3. The number of likely N-dealkylation sites (tertiary alicyclic amines) is 1. The molecule has 0 spiro atoms. The topological polar surface area (TPSA) is 88.8 Å². The highest BCUT2D eigenvalue weighted by Crippen LogP contribution is 2.41. The number of anilines is 1. The molecule has 0 radical (unpaired) electrons. The van der Waals surface area contributed by atoms with Gasteiger partial charge in [0.2, 0.25) is 11.8 Å². The number of amides is 2. The Bertz CT molecular complexity index is 1100. The lowest BCUT2D eigenvalue weighted by Gasteiger charge is -2.44. The molecule has 7 heteroatoms. The Morgan fingerprint density at radius 1 is 1.21 bits per heavy atom. The summed E-state index contributed by atoms with van der Waals surface area (Å²) in [5, 5.41) is 0. The molecule has 2 aliphatic rings. The average Bonchev–Trinajstić information content (AvgIpc) is 2.78. The highest BCUT2D eigenvalue weighted by Gasteiger charge is 2.45. The molecule has 7 nitrogen and oxygen atoms in total. The van der Waals surface area contributed by atoms with E-state index in [0.29, 0.717) is 18.7 Å². The minimum absolute atomic E-state index is 0.0172. The van der Waals surface area contributed by atoms with E-state index in [2.05, 4.69) is 18.0 Å². The summed E-state index contributed by atoms with van der Waals surface area (Å²) in [5.41, 5.74) is 8.16. The van der Waals surface area contributed by atoms with E-state index < -0.39 is 16.9 Å². The molecule has 1 atom stereocenters. The second-order valence-corrected chi connectivity index (χ2v) is 9.57. The number of nitrogens with two attached hydrogens (primary N) is 1. The van der Waals surface area contributed by atoms with Crippen molar-refractivity contribution in [2.45, 2.75) is 44.6 Å². The van der Waals surface area contributed by atoms with Crippen LogP contribution in [0.3, 0.4) is 0 Å². The summed E-state index contributed by atoms with van der Waals surface area (Å²) in [5.74, 6) is 0.343. The number of piperidine rings is 1. The molecule has 2 aromatic rings. The Labute approximate surface area is 195 Å². The number of nitrogens with zero attached hydrogens (tertiary/aromatic N) is 3. The maximum atomic E-state index is 13.7. The second-order valence-electron chi connectivity index (χ2n) is 9.57. The lowest BCUT2D eigenvalue weighted by Crippen LogP contribution is -2.57. The molecule has 4 rings (SSSR count). The molecular formula is C26H32N4O3. The van der Waals surface area contributed by atoms with Crippen molar-refractivity contribution in [1.82, 2.24) is 9.88 Å². The zero-order valence-corrected chi connectivity index (χ0v) is 19.8. The number of pyridine rings is 1. The van der Waals surface area contributed by atoms with Crippen molar-refractivity contribution in [1.29, 1.82) is 0 Å². The number of methoxy groups -OCH3 is 1. The monoisotopic (exact) mass is 448 g/mol. The Balaban J connectivity index is 1.62. The first kappa shape index (κ1) is 23.0. The Morgan fingerprint density at radius 3 is 2.67 bits per heavy atom. The van der Waals surface area contributed by atoms with Gasteiger partial charge in [-0.3, -0.25) is 19.5 Å². The molecule has 3 heterocycles. The maximum Gasteiger partial charge on any atom is 0.241 e. The van der Waals surface area contributed by atoms with Crippen molar-refractivity contribution in [2.24, 2.45) is 5.73 Å². The van der Waals surface area contributed by atoms with Gasteiger partial charge in [-0.15, -0.1) is 0 Å². The van der Waals surface area contributed by atoms with E-state index in [0.717, 1.165) is 35.5 Å². The molecule has 2 amide bonds. The predicted octanol–water partition coefficient (Wildman–Crippen LogP) is 3.14. The summed E-state index contributed by atoms with van der Waals surface area (Å²) < 4.78 is 5.40. The highest BCUT2D eigenvalue weighted by molar-refractivity contribution is 6.01. The van der Waals surface area contributed by atoms with E-state index >= 15 is 0 Å². The number of hydrogen-bond donors (Lipinski definition) is 1. The summed E-state index contributed by atoms with van der Waals surface area (Å²) in [6, 6.07) is 11.3. The fourth-order valence-corrected chi connectivity index (χ4v) is 5.31. The molecule has 0 bridgehead atoms. The SMILES string of the molecule is COc1ccc2c(c1)C(C)=CC(C)(C)N2C(=O)CN1CCCC(C(N)=O)(c2ccccn2)C1. The number of allylic oxidation sites excluding steroid dienone is 1. The van der Waals surface area contributed by atoms with Gasteiger partial charge in [0.05, 0.1) is 30.6 Å². The van der Waals surface area contributed by atoms with Gasteiger partial charge in [0, 0.05) is 18.3 Å². The van der Waals surface area contributed by atoms with Crippen molar-refractivity contribution in [3.8, 4) is 5.75 Å². The number of hydrogen-bond acceptors (Lipinski definition) is 5. The number of benzene rings is 1. The third kappa shape index (κ3) is 4.13. The van der Waals surface area contributed by atoms with Crippen molar-refractivity contribution in [3.63, 3.8) is 0 Å². The minimum atomic E-state index is -0.890. The molecule has 2 N–H and O–H groups in total. The van der Waals surface area contributed by atoms with Crippen LogP contribution >= 0.6 is 0 Å². The van der Waals surface area contributed by atoms with Crippen LogP contribution in [-0.2, 0) is 15.0 Å². The van der Waals surface area contributed by atoms with E-state index in [1.54, 1.807) is 13.3 Å². The second kappa shape index (κ2) is 8.63. The van der Waals surface area contributed by atoms with Gasteiger partial charge in [0.25, 0.3) is 0 Å². The quantitative estimate of drug-likeness (QED) is 0.759. The van der Waals surface area contributed by atoms with E-state index in [-0.39, 0.29) is 12.5 Å². The third-order valence-electron chi connectivity index (χ3n) is 6.82. The summed E-state index contributed by atoms with van der Waals surface area (Å²) in [7, 11) is 1.64. The van der Waals surface area contributed by atoms with Gasteiger partial charge >= 0.3 is 0 Å². The van der Waals surface area contributed by atoms with Gasteiger partial charge in [0.1, 0.15) is 11.2 Å². The Morgan fingerprint density at radius 2 is 2.00 bits per heavy atom. The zero-order chi connectivity index (χ0) is 23.8. The van der Waals surface area contributed by atoms with Crippen LogP contribution in [0.5, 0.6) is 5.75 Å². The van der Waals surface area contributed by atoms with Gasteiger partial charge in [-0.1, -0.05) is 12.1 Å². The minimum Gasteiger partial charge on any atom is -0.497 e.